The number of para-hydroxylation sites is 1. The minimum Gasteiger partial charge on any atom is -0.464 e. The lowest BCUT2D eigenvalue weighted by molar-refractivity contribution is -0.135. The van der Waals surface area contributed by atoms with Crippen LogP contribution in [-0.2, 0) is 14.3 Å². The highest BCUT2D eigenvalue weighted by molar-refractivity contribution is 6.41. The van der Waals surface area contributed by atoms with Crippen molar-refractivity contribution in [2.45, 2.75) is 25.6 Å². The van der Waals surface area contributed by atoms with Gasteiger partial charge in [-0.2, -0.15) is 0 Å². The number of methoxy groups -OCH3 is 1. The summed E-state index contributed by atoms with van der Waals surface area (Å²) in [4.78, 5) is 23.1. The van der Waals surface area contributed by atoms with E-state index in [4.69, 9.17) is 9.47 Å². The predicted octanol–water partition coefficient (Wildman–Crippen LogP) is 1.95. The molecule has 0 aliphatic carbocycles. The number of carbonyl (C=O) groups is 2. The second kappa shape index (κ2) is 6.33. The first kappa shape index (κ1) is 13.5. The Balaban J connectivity index is 2.15. The molecule has 0 amide bonds. The second-order valence-electron chi connectivity index (χ2n) is 4.23. The standard InChI is InChI=1S/C14H16O5/c1-17-14(16)13(15)10-6-2-3-7-11(10)19-12-8-4-5-9-18-12/h2-3,6-7,12H,4-5,8-9H2,1H3. The van der Waals surface area contributed by atoms with Gasteiger partial charge >= 0.3 is 5.97 Å². The lowest BCUT2D eigenvalue weighted by Crippen LogP contribution is -2.26. The summed E-state index contributed by atoms with van der Waals surface area (Å²) in [6, 6.07) is 6.60. The summed E-state index contributed by atoms with van der Waals surface area (Å²) < 4.78 is 15.5. The van der Waals surface area contributed by atoms with Crippen molar-refractivity contribution < 1.29 is 23.8 Å². The summed E-state index contributed by atoms with van der Waals surface area (Å²) in [6.45, 7) is 0.651. The molecule has 1 saturated heterocycles. The molecule has 2 rings (SSSR count). The quantitative estimate of drug-likeness (QED) is 0.472. The number of ether oxygens (including phenoxy) is 3. The van der Waals surface area contributed by atoms with Crippen LogP contribution in [0.5, 0.6) is 5.75 Å². The zero-order valence-corrected chi connectivity index (χ0v) is 10.8. The summed E-state index contributed by atoms with van der Waals surface area (Å²) in [5.41, 5.74) is 0.198. The molecule has 0 bridgehead atoms. The lowest BCUT2D eigenvalue weighted by Gasteiger charge is -2.24. The molecule has 1 atom stereocenters. The van der Waals surface area contributed by atoms with Gasteiger partial charge in [-0.1, -0.05) is 12.1 Å². The Morgan fingerprint density at radius 1 is 1.26 bits per heavy atom. The summed E-state index contributed by atoms with van der Waals surface area (Å²) in [5.74, 6) is -1.26. The van der Waals surface area contributed by atoms with E-state index in [1.54, 1.807) is 18.2 Å². The van der Waals surface area contributed by atoms with E-state index in [0.717, 1.165) is 19.3 Å². The number of rotatable bonds is 4. The molecule has 0 spiro atoms. The van der Waals surface area contributed by atoms with E-state index in [9.17, 15) is 9.59 Å². The molecule has 1 unspecified atom stereocenters. The summed E-state index contributed by atoms with van der Waals surface area (Å²) in [5, 5.41) is 0. The van der Waals surface area contributed by atoms with Gasteiger partial charge in [0, 0.05) is 6.42 Å². The van der Waals surface area contributed by atoms with E-state index in [0.29, 0.717) is 12.4 Å². The van der Waals surface area contributed by atoms with Gasteiger partial charge < -0.3 is 14.2 Å². The predicted molar refractivity (Wildman–Crippen MR) is 67.0 cm³/mol. The van der Waals surface area contributed by atoms with Crippen LogP contribution >= 0.6 is 0 Å². The molecule has 1 heterocycles. The van der Waals surface area contributed by atoms with Gasteiger partial charge in [-0.3, -0.25) is 4.79 Å². The van der Waals surface area contributed by atoms with Crippen LogP contribution in [0.4, 0.5) is 0 Å². The van der Waals surface area contributed by atoms with E-state index in [1.807, 2.05) is 0 Å². The topological polar surface area (TPSA) is 61.8 Å². The molecular formula is C14H16O5. The number of hydrogen-bond donors (Lipinski definition) is 0. The molecule has 19 heavy (non-hydrogen) atoms. The number of benzene rings is 1. The van der Waals surface area contributed by atoms with Crippen LogP contribution in [0, 0.1) is 0 Å². The van der Waals surface area contributed by atoms with Crippen molar-refractivity contribution in [2.24, 2.45) is 0 Å². The van der Waals surface area contributed by atoms with Crippen molar-refractivity contribution in [2.75, 3.05) is 13.7 Å². The smallest absolute Gasteiger partial charge is 0.379 e. The number of carbonyl (C=O) groups excluding carboxylic acids is 2. The monoisotopic (exact) mass is 264 g/mol. The van der Waals surface area contributed by atoms with E-state index in [2.05, 4.69) is 4.74 Å². The van der Waals surface area contributed by atoms with Gasteiger partial charge in [-0.05, 0) is 25.0 Å². The van der Waals surface area contributed by atoms with Crippen LogP contribution in [0.25, 0.3) is 0 Å². The van der Waals surface area contributed by atoms with Crippen LogP contribution < -0.4 is 4.74 Å². The molecule has 1 aliphatic rings. The van der Waals surface area contributed by atoms with Crippen molar-refractivity contribution >= 4 is 11.8 Å². The second-order valence-corrected chi connectivity index (χ2v) is 4.23. The van der Waals surface area contributed by atoms with Crippen molar-refractivity contribution in [3.8, 4) is 5.75 Å². The van der Waals surface area contributed by atoms with Gasteiger partial charge in [-0.15, -0.1) is 0 Å². The van der Waals surface area contributed by atoms with Crippen molar-refractivity contribution in [1.82, 2.24) is 0 Å². The molecule has 1 fully saturated rings. The molecule has 0 saturated carbocycles. The van der Waals surface area contributed by atoms with Crippen molar-refractivity contribution in [3.05, 3.63) is 29.8 Å². The lowest BCUT2D eigenvalue weighted by atomic mass is 10.1. The maximum atomic E-state index is 11.8. The highest BCUT2D eigenvalue weighted by atomic mass is 16.7. The zero-order valence-electron chi connectivity index (χ0n) is 10.8. The SMILES string of the molecule is COC(=O)C(=O)c1ccccc1OC1CCCCO1. The van der Waals surface area contributed by atoms with Gasteiger partial charge in [0.1, 0.15) is 5.75 Å². The van der Waals surface area contributed by atoms with Crippen LogP contribution in [0.2, 0.25) is 0 Å². The Morgan fingerprint density at radius 3 is 2.74 bits per heavy atom. The zero-order chi connectivity index (χ0) is 13.7. The third-order valence-electron chi connectivity index (χ3n) is 2.90. The minimum atomic E-state index is -0.902. The molecule has 1 aliphatic heterocycles. The summed E-state index contributed by atoms with van der Waals surface area (Å²) in [7, 11) is 1.17. The number of ketones is 1. The van der Waals surface area contributed by atoms with E-state index in [1.165, 1.54) is 13.2 Å². The van der Waals surface area contributed by atoms with E-state index < -0.39 is 11.8 Å². The molecule has 0 N–H and O–H groups in total. The van der Waals surface area contributed by atoms with Crippen LogP contribution in [0.15, 0.2) is 24.3 Å². The Bertz CT molecular complexity index is 463. The largest absolute Gasteiger partial charge is 0.464 e. The number of hydrogen-bond acceptors (Lipinski definition) is 5. The maximum Gasteiger partial charge on any atom is 0.379 e. The number of esters is 1. The molecule has 102 valence electrons. The first-order valence-corrected chi connectivity index (χ1v) is 6.22. The maximum absolute atomic E-state index is 11.8. The van der Waals surface area contributed by atoms with Gasteiger partial charge in [0.05, 0.1) is 19.3 Å². The fraction of sp³-hybridized carbons (Fsp3) is 0.429. The third-order valence-corrected chi connectivity index (χ3v) is 2.90. The summed E-state index contributed by atoms with van der Waals surface area (Å²) in [6.07, 6.45) is 2.46. The van der Waals surface area contributed by atoms with Crippen molar-refractivity contribution in [3.63, 3.8) is 0 Å². The highest BCUT2D eigenvalue weighted by Crippen LogP contribution is 2.23. The average molecular weight is 264 g/mol. The average Bonchev–Trinajstić information content (AvgIpc) is 2.47. The molecule has 5 nitrogen and oxygen atoms in total. The molecule has 1 aromatic carbocycles. The van der Waals surface area contributed by atoms with Crippen LogP contribution in [0.1, 0.15) is 29.6 Å². The number of Topliss-reactive ketones (excluding diaryl/α,β-unsaturated/α-hetero) is 1. The Kier molecular flexibility index (Phi) is 4.52. The van der Waals surface area contributed by atoms with Gasteiger partial charge in [0.2, 0.25) is 0 Å². The molecular weight excluding hydrogens is 248 g/mol. The minimum absolute atomic E-state index is 0.198. The third kappa shape index (κ3) is 3.32. The van der Waals surface area contributed by atoms with E-state index >= 15 is 0 Å². The Labute approximate surface area is 111 Å². The molecule has 0 radical (unpaired) electrons. The highest BCUT2D eigenvalue weighted by Gasteiger charge is 2.23. The first-order chi connectivity index (χ1) is 9.22. The van der Waals surface area contributed by atoms with Gasteiger partial charge in [0.15, 0.2) is 6.29 Å². The first-order valence-electron chi connectivity index (χ1n) is 6.22. The van der Waals surface area contributed by atoms with E-state index in [-0.39, 0.29) is 11.9 Å². The van der Waals surface area contributed by atoms with Crippen molar-refractivity contribution in [1.29, 1.82) is 0 Å². The molecule has 0 aromatic heterocycles. The Hall–Kier alpha value is -1.88. The Morgan fingerprint density at radius 2 is 2.05 bits per heavy atom. The fourth-order valence-electron chi connectivity index (χ4n) is 1.91. The molecule has 5 heteroatoms. The normalized spacial score (nSPS) is 18.7. The van der Waals surface area contributed by atoms with Gasteiger partial charge in [0.25, 0.3) is 5.78 Å². The summed E-state index contributed by atoms with van der Waals surface area (Å²) >= 11 is 0. The fourth-order valence-corrected chi connectivity index (χ4v) is 1.91. The van der Waals surface area contributed by atoms with Crippen LogP contribution in [-0.4, -0.2) is 31.8 Å². The van der Waals surface area contributed by atoms with Gasteiger partial charge in [-0.25, -0.2) is 4.79 Å². The molecule has 1 aromatic rings. The van der Waals surface area contributed by atoms with Crippen LogP contribution in [0.3, 0.4) is 0 Å².